The highest BCUT2D eigenvalue weighted by Crippen LogP contribution is 2.11. The summed E-state index contributed by atoms with van der Waals surface area (Å²) >= 11 is 0. The third kappa shape index (κ3) is 2.78. The Balaban J connectivity index is 2.14. The zero-order chi connectivity index (χ0) is 13.0. The van der Waals surface area contributed by atoms with Gasteiger partial charge in [-0.3, -0.25) is 4.79 Å². The summed E-state index contributed by atoms with van der Waals surface area (Å²) in [7, 11) is 0. The molecule has 1 N–H and O–H groups in total. The first-order valence-corrected chi connectivity index (χ1v) is 5.64. The minimum absolute atomic E-state index is 0.118. The lowest BCUT2D eigenvalue weighted by Crippen LogP contribution is -2.11. The van der Waals surface area contributed by atoms with Crippen molar-refractivity contribution in [2.45, 2.75) is 6.92 Å². The van der Waals surface area contributed by atoms with Gasteiger partial charge in [-0.25, -0.2) is 0 Å². The van der Waals surface area contributed by atoms with Gasteiger partial charge in [0, 0.05) is 16.8 Å². The molecule has 0 radical (unpaired) electrons. The third-order valence-corrected chi connectivity index (χ3v) is 2.59. The van der Waals surface area contributed by atoms with Crippen molar-refractivity contribution in [1.29, 1.82) is 0 Å². The van der Waals surface area contributed by atoms with Gasteiger partial charge in [0.25, 0.3) is 5.91 Å². The first-order chi connectivity index (χ1) is 8.69. The third-order valence-electron chi connectivity index (χ3n) is 2.59. The number of carbonyl (C=O) groups is 1. The quantitative estimate of drug-likeness (QED) is 0.795. The maximum absolute atomic E-state index is 12.0. The summed E-state index contributed by atoms with van der Waals surface area (Å²) in [4.78, 5) is 12.0. The monoisotopic (exact) mass is 235 g/mol. The molecule has 18 heavy (non-hydrogen) atoms. The van der Waals surface area contributed by atoms with E-state index in [2.05, 4.69) is 11.2 Å². The molecule has 2 heteroatoms. The Bertz CT molecular complexity index is 606. The zero-order valence-corrected chi connectivity index (χ0v) is 10.1. The van der Waals surface area contributed by atoms with Crippen molar-refractivity contribution in [1.82, 2.24) is 0 Å². The Morgan fingerprint density at radius 1 is 1.17 bits per heavy atom. The minimum atomic E-state index is -0.118. The minimum Gasteiger partial charge on any atom is -0.322 e. The molecule has 0 aliphatic heterocycles. The van der Waals surface area contributed by atoms with E-state index in [9.17, 15) is 4.79 Å². The van der Waals surface area contributed by atoms with Crippen molar-refractivity contribution in [3.8, 4) is 12.3 Å². The van der Waals surface area contributed by atoms with Crippen LogP contribution >= 0.6 is 0 Å². The van der Waals surface area contributed by atoms with Crippen LogP contribution in [0.15, 0.2) is 48.5 Å². The molecule has 2 aromatic carbocycles. The van der Waals surface area contributed by atoms with Crippen LogP contribution in [0, 0.1) is 19.3 Å². The lowest BCUT2D eigenvalue weighted by atomic mass is 10.1. The Hall–Kier alpha value is -2.53. The van der Waals surface area contributed by atoms with E-state index >= 15 is 0 Å². The molecule has 0 unspecified atom stereocenters. The standard InChI is InChI=1S/C16H13NO/c1-3-13-7-9-15(10-8-13)17-16(18)14-6-4-5-12(2)11-14/h1,4-11H,2H3,(H,17,18). The van der Waals surface area contributed by atoms with E-state index in [0.29, 0.717) is 5.56 Å². The Morgan fingerprint density at radius 2 is 1.89 bits per heavy atom. The van der Waals surface area contributed by atoms with Crippen LogP contribution in [0.4, 0.5) is 5.69 Å². The second kappa shape index (κ2) is 5.20. The Morgan fingerprint density at radius 3 is 2.50 bits per heavy atom. The van der Waals surface area contributed by atoms with Crippen molar-refractivity contribution in [2.75, 3.05) is 5.32 Å². The second-order valence-corrected chi connectivity index (χ2v) is 4.05. The lowest BCUT2D eigenvalue weighted by molar-refractivity contribution is 0.102. The molecule has 0 atom stereocenters. The number of anilines is 1. The smallest absolute Gasteiger partial charge is 0.255 e. The molecule has 2 rings (SSSR count). The van der Waals surface area contributed by atoms with Crippen LogP contribution in [0.2, 0.25) is 0 Å². The molecule has 0 fully saturated rings. The Labute approximate surface area is 107 Å². The average molecular weight is 235 g/mol. The summed E-state index contributed by atoms with van der Waals surface area (Å²) in [5.41, 5.74) is 3.24. The summed E-state index contributed by atoms with van der Waals surface area (Å²) in [6, 6.07) is 14.6. The van der Waals surface area contributed by atoms with E-state index in [-0.39, 0.29) is 5.91 Å². The van der Waals surface area contributed by atoms with Gasteiger partial charge in [0.1, 0.15) is 0 Å². The summed E-state index contributed by atoms with van der Waals surface area (Å²) in [5, 5.41) is 2.83. The van der Waals surface area contributed by atoms with Crippen molar-refractivity contribution in [2.24, 2.45) is 0 Å². The van der Waals surface area contributed by atoms with Gasteiger partial charge < -0.3 is 5.32 Å². The maximum atomic E-state index is 12.0. The maximum Gasteiger partial charge on any atom is 0.255 e. The van der Waals surface area contributed by atoms with E-state index in [1.54, 1.807) is 30.3 Å². The van der Waals surface area contributed by atoms with Gasteiger partial charge in [-0.15, -0.1) is 6.42 Å². The number of rotatable bonds is 2. The van der Waals surface area contributed by atoms with Gasteiger partial charge in [-0.05, 0) is 43.3 Å². The number of carbonyl (C=O) groups excluding carboxylic acids is 1. The number of terminal acetylenes is 1. The van der Waals surface area contributed by atoms with Crippen molar-refractivity contribution < 1.29 is 4.79 Å². The largest absolute Gasteiger partial charge is 0.322 e. The molecule has 0 aliphatic carbocycles. The second-order valence-electron chi connectivity index (χ2n) is 4.05. The summed E-state index contributed by atoms with van der Waals surface area (Å²) in [5.74, 6) is 2.42. The van der Waals surface area contributed by atoms with Crippen LogP contribution in [-0.4, -0.2) is 5.91 Å². The highest BCUT2D eigenvalue weighted by Gasteiger charge is 2.05. The predicted molar refractivity (Wildman–Crippen MR) is 73.5 cm³/mol. The van der Waals surface area contributed by atoms with E-state index in [1.807, 2.05) is 25.1 Å². The topological polar surface area (TPSA) is 29.1 Å². The van der Waals surface area contributed by atoms with Gasteiger partial charge in [-0.2, -0.15) is 0 Å². The SMILES string of the molecule is C#Cc1ccc(NC(=O)c2cccc(C)c2)cc1. The molecule has 2 aromatic rings. The number of hydrogen-bond donors (Lipinski definition) is 1. The van der Waals surface area contributed by atoms with Gasteiger partial charge in [-0.1, -0.05) is 23.6 Å². The van der Waals surface area contributed by atoms with E-state index < -0.39 is 0 Å². The average Bonchev–Trinajstić information content (AvgIpc) is 2.39. The highest BCUT2D eigenvalue weighted by molar-refractivity contribution is 6.04. The van der Waals surface area contributed by atoms with Crippen LogP contribution in [-0.2, 0) is 0 Å². The van der Waals surface area contributed by atoms with Crippen LogP contribution in [0.25, 0.3) is 0 Å². The molecule has 0 aromatic heterocycles. The van der Waals surface area contributed by atoms with Crippen molar-refractivity contribution >= 4 is 11.6 Å². The zero-order valence-electron chi connectivity index (χ0n) is 10.1. The number of nitrogens with one attached hydrogen (secondary N) is 1. The lowest BCUT2D eigenvalue weighted by Gasteiger charge is -2.05. The van der Waals surface area contributed by atoms with Crippen LogP contribution < -0.4 is 5.32 Å². The highest BCUT2D eigenvalue weighted by atomic mass is 16.1. The summed E-state index contributed by atoms with van der Waals surface area (Å²) < 4.78 is 0. The van der Waals surface area contributed by atoms with Crippen LogP contribution in [0.5, 0.6) is 0 Å². The molecule has 88 valence electrons. The van der Waals surface area contributed by atoms with Gasteiger partial charge in [0.2, 0.25) is 0 Å². The molecule has 1 amide bonds. The van der Waals surface area contributed by atoms with E-state index in [4.69, 9.17) is 6.42 Å². The fourth-order valence-corrected chi connectivity index (χ4v) is 1.64. The van der Waals surface area contributed by atoms with Crippen LogP contribution in [0.3, 0.4) is 0 Å². The molecular weight excluding hydrogens is 222 g/mol. The molecule has 0 heterocycles. The number of benzene rings is 2. The number of amides is 1. The molecular formula is C16H13NO. The normalized spacial score (nSPS) is 9.56. The molecule has 0 spiro atoms. The molecule has 0 bridgehead atoms. The molecule has 0 saturated heterocycles. The first-order valence-electron chi connectivity index (χ1n) is 5.64. The van der Waals surface area contributed by atoms with Crippen molar-refractivity contribution in [3.05, 3.63) is 65.2 Å². The Kier molecular flexibility index (Phi) is 3.45. The number of hydrogen-bond acceptors (Lipinski definition) is 1. The predicted octanol–water partition coefficient (Wildman–Crippen LogP) is 3.23. The van der Waals surface area contributed by atoms with E-state index in [1.165, 1.54) is 0 Å². The number of aryl methyl sites for hydroxylation is 1. The fraction of sp³-hybridized carbons (Fsp3) is 0.0625. The van der Waals surface area contributed by atoms with Crippen molar-refractivity contribution in [3.63, 3.8) is 0 Å². The van der Waals surface area contributed by atoms with Crippen LogP contribution in [0.1, 0.15) is 21.5 Å². The van der Waals surface area contributed by atoms with Gasteiger partial charge in [0.15, 0.2) is 0 Å². The van der Waals surface area contributed by atoms with Gasteiger partial charge in [0.05, 0.1) is 0 Å². The molecule has 0 aliphatic rings. The first kappa shape index (κ1) is 11.9. The van der Waals surface area contributed by atoms with E-state index in [0.717, 1.165) is 16.8 Å². The summed E-state index contributed by atoms with van der Waals surface area (Å²) in [6.07, 6.45) is 5.27. The summed E-state index contributed by atoms with van der Waals surface area (Å²) in [6.45, 7) is 1.96. The molecule has 2 nitrogen and oxygen atoms in total. The molecule has 0 saturated carbocycles. The van der Waals surface area contributed by atoms with Gasteiger partial charge >= 0.3 is 0 Å². The fourth-order valence-electron chi connectivity index (χ4n) is 1.64.